The maximum absolute atomic E-state index is 5.76. The third-order valence-electron chi connectivity index (χ3n) is 2.49. The molecule has 11 heavy (non-hydrogen) atoms. The SMILES string of the molecule is CC1(C)COC2CC(I)OC21. The first-order valence-electron chi connectivity index (χ1n) is 4.01. The van der Waals surface area contributed by atoms with Crippen LogP contribution in [0.15, 0.2) is 0 Å². The average molecular weight is 268 g/mol. The van der Waals surface area contributed by atoms with Crippen LogP contribution in [-0.4, -0.2) is 22.9 Å². The molecule has 0 radical (unpaired) electrons. The zero-order valence-corrected chi connectivity index (χ0v) is 9.00. The van der Waals surface area contributed by atoms with E-state index in [-0.39, 0.29) is 5.41 Å². The standard InChI is InChI=1S/C8H13IO2/c1-8(2)4-10-5-3-6(9)11-7(5)8/h5-7H,3-4H2,1-2H3. The summed E-state index contributed by atoms with van der Waals surface area (Å²) in [5.41, 5.74) is 0.227. The van der Waals surface area contributed by atoms with E-state index in [1.54, 1.807) is 0 Å². The van der Waals surface area contributed by atoms with Gasteiger partial charge < -0.3 is 9.47 Å². The topological polar surface area (TPSA) is 18.5 Å². The molecular formula is C8H13IO2. The van der Waals surface area contributed by atoms with Crippen molar-refractivity contribution < 1.29 is 9.47 Å². The molecule has 0 amide bonds. The van der Waals surface area contributed by atoms with Crippen molar-refractivity contribution in [3.8, 4) is 0 Å². The molecule has 0 aromatic heterocycles. The molecule has 0 aromatic carbocycles. The molecule has 3 atom stereocenters. The van der Waals surface area contributed by atoms with Gasteiger partial charge in [0.2, 0.25) is 0 Å². The molecule has 0 aliphatic carbocycles. The van der Waals surface area contributed by atoms with Gasteiger partial charge in [-0.15, -0.1) is 0 Å². The van der Waals surface area contributed by atoms with Gasteiger partial charge in [0.15, 0.2) is 0 Å². The molecule has 0 saturated carbocycles. The Hall–Kier alpha value is 0.650. The predicted octanol–water partition coefficient (Wildman–Crippen LogP) is 1.96. The van der Waals surface area contributed by atoms with Crippen LogP contribution < -0.4 is 0 Å². The molecule has 2 heterocycles. The Morgan fingerprint density at radius 3 is 2.82 bits per heavy atom. The van der Waals surface area contributed by atoms with Gasteiger partial charge >= 0.3 is 0 Å². The first-order valence-corrected chi connectivity index (χ1v) is 5.25. The van der Waals surface area contributed by atoms with E-state index in [1.165, 1.54) is 0 Å². The van der Waals surface area contributed by atoms with Crippen molar-refractivity contribution in [2.24, 2.45) is 5.41 Å². The summed E-state index contributed by atoms with van der Waals surface area (Å²) in [5.74, 6) is 0. The van der Waals surface area contributed by atoms with E-state index in [4.69, 9.17) is 9.47 Å². The lowest BCUT2D eigenvalue weighted by Gasteiger charge is -2.23. The van der Waals surface area contributed by atoms with Gasteiger partial charge in [-0.2, -0.15) is 0 Å². The molecule has 0 N–H and O–H groups in total. The minimum atomic E-state index is 0.227. The highest BCUT2D eigenvalue weighted by atomic mass is 127. The molecule has 2 aliphatic heterocycles. The van der Waals surface area contributed by atoms with E-state index < -0.39 is 0 Å². The van der Waals surface area contributed by atoms with Crippen LogP contribution in [0.2, 0.25) is 0 Å². The van der Waals surface area contributed by atoms with Gasteiger partial charge in [0.05, 0.1) is 18.8 Å². The van der Waals surface area contributed by atoms with Gasteiger partial charge in [-0.25, -0.2) is 0 Å². The van der Waals surface area contributed by atoms with Crippen LogP contribution in [0.4, 0.5) is 0 Å². The summed E-state index contributed by atoms with van der Waals surface area (Å²) in [6, 6.07) is 0. The van der Waals surface area contributed by atoms with Gasteiger partial charge in [0.1, 0.15) is 4.11 Å². The van der Waals surface area contributed by atoms with E-state index in [1.807, 2.05) is 0 Å². The Bertz CT molecular complexity index is 169. The monoisotopic (exact) mass is 268 g/mol. The van der Waals surface area contributed by atoms with Gasteiger partial charge in [-0.1, -0.05) is 36.4 Å². The van der Waals surface area contributed by atoms with Crippen molar-refractivity contribution in [1.82, 2.24) is 0 Å². The Kier molecular flexibility index (Phi) is 1.93. The Morgan fingerprint density at radius 2 is 2.18 bits per heavy atom. The van der Waals surface area contributed by atoms with Crippen LogP contribution in [0.3, 0.4) is 0 Å². The number of halogens is 1. The number of rotatable bonds is 0. The summed E-state index contributed by atoms with van der Waals surface area (Å²) >= 11 is 2.33. The molecule has 2 rings (SSSR count). The average Bonchev–Trinajstić information content (AvgIpc) is 2.35. The Morgan fingerprint density at radius 1 is 1.45 bits per heavy atom. The number of alkyl halides is 1. The summed E-state index contributed by atoms with van der Waals surface area (Å²) < 4.78 is 11.8. The van der Waals surface area contributed by atoms with Crippen LogP contribution in [0, 0.1) is 5.41 Å². The maximum Gasteiger partial charge on any atom is 0.111 e. The maximum atomic E-state index is 5.76. The van der Waals surface area contributed by atoms with Gasteiger partial charge in [-0.05, 0) is 0 Å². The number of hydrogen-bond donors (Lipinski definition) is 0. The van der Waals surface area contributed by atoms with Gasteiger partial charge in [0, 0.05) is 11.8 Å². The fourth-order valence-electron chi connectivity index (χ4n) is 1.86. The lowest BCUT2D eigenvalue weighted by Crippen LogP contribution is -2.30. The van der Waals surface area contributed by atoms with Gasteiger partial charge in [0.25, 0.3) is 0 Å². The summed E-state index contributed by atoms with van der Waals surface area (Å²) in [7, 11) is 0. The number of fused-ring (bicyclic) bond motifs is 1. The van der Waals surface area contributed by atoms with E-state index in [2.05, 4.69) is 36.4 Å². The molecule has 2 fully saturated rings. The summed E-state index contributed by atoms with van der Waals surface area (Å²) in [6.07, 6.45) is 1.77. The van der Waals surface area contributed by atoms with Crippen molar-refractivity contribution in [3.63, 3.8) is 0 Å². The first-order chi connectivity index (χ1) is 5.09. The van der Waals surface area contributed by atoms with Crippen molar-refractivity contribution in [3.05, 3.63) is 0 Å². The van der Waals surface area contributed by atoms with Crippen LogP contribution in [0.5, 0.6) is 0 Å². The van der Waals surface area contributed by atoms with E-state index >= 15 is 0 Å². The molecule has 2 saturated heterocycles. The lowest BCUT2D eigenvalue weighted by atomic mass is 9.88. The van der Waals surface area contributed by atoms with Crippen LogP contribution in [0.1, 0.15) is 20.3 Å². The highest BCUT2D eigenvalue weighted by molar-refractivity contribution is 14.1. The normalized spacial score (nSPS) is 47.7. The fraction of sp³-hybridized carbons (Fsp3) is 1.00. The molecular weight excluding hydrogens is 255 g/mol. The summed E-state index contributed by atoms with van der Waals surface area (Å²) in [5, 5.41) is 0. The molecule has 3 unspecified atom stereocenters. The first kappa shape index (κ1) is 8.26. The summed E-state index contributed by atoms with van der Waals surface area (Å²) in [4.78, 5) is 0. The molecule has 0 spiro atoms. The fourth-order valence-corrected chi connectivity index (χ4v) is 2.67. The molecule has 0 aromatic rings. The highest BCUT2D eigenvalue weighted by Gasteiger charge is 2.49. The van der Waals surface area contributed by atoms with Crippen LogP contribution >= 0.6 is 22.6 Å². The Labute approximate surface area is 80.8 Å². The lowest BCUT2D eigenvalue weighted by molar-refractivity contribution is 0.0317. The second-order valence-electron chi connectivity index (χ2n) is 4.04. The number of ether oxygens (including phenoxy) is 2. The van der Waals surface area contributed by atoms with E-state index in [9.17, 15) is 0 Å². The molecule has 64 valence electrons. The van der Waals surface area contributed by atoms with Crippen molar-refractivity contribution in [1.29, 1.82) is 0 Å². The molecule has 3 heteroatoms. The van der Waals surface area contributed by atoms with Gasteiger partial charge in [-0.3, -0.25) is 0 Å². The molecule has 2 aliphatic rings. The van der Waals surface area contributed by atoms with E-state index in [0.29, 0.717) is 16.3 Å². The van der Waals surface area contributed by atoms with Crippen molar-refractivity contribution in [2.45, 2.75) is 36.6 Å². The van der Waals surface area contributed by atoms with Crippen molar-refractivity contribution >= 4 is 22.6 Å². The van der Waals surface area contributed by atoms with E-state index in [0.717, 1.165) is 13.0 Å². The molecule has 0 bridgehead atoms. The zero-order chi connectivity index (χ0) is 8.06. The predicted molar refractivity (Wildman–Crippen MR) is 50.8 cm³/mol. The third-order valence-corrected chi connectivity index (χ3v) is 3.29. The van der Waals surface area contributed by atoms with Crippen LogP contribution in [-0.2, 0) is 9.47 Å². The second kappa shape index (κ2) is 2.57. The molecule has 2 nitrogen and oxygen atoms in total. The third kappa shape index (κ3) is 1.31. The second-order valence-corrected chi connectivity index (χ2v) is 5.43. The number of hydrogen-bond acceptors (Lipinski definition) is 2. The minimum absolute atomic E-state index is 0.227. The van der Waals surface area contributed by atoms with Crippen molar-refractivity contribution in [2.75, 3.05) is 6.61 Å². The smallest absolute Gasteiger partial charge is 0.111 e. The largest absolute Gasteiger partial charge is 0.375 e. The highest BCUT2D eigenvalue weighted by Crippen LogP contribution is 2.43. The van der Waals surface area contributed by atoms with Crippen LogP contribution in [0.25, 0.3) is 0 Å². The quantitative estimate of drug-likeness (QED) is 0.494. The Balaban J connectivity index is 2.13. The zero-order valence-electron chi connectivity index (χ0n) is 6.84. The summed E-state index contributed by atoms with van der Waals surface area (Å²) in [6.45, 7) is 5.28. The minimum Gasteiger partial charge on any atom is -0.375 e.